The summed E-state index contributed by atoms with van der Waals surface area (Å²) in [4.78, 5) is 4.32. The van der Waals surface area contributed by atoms with Gasteiger partial charge in [0.2, 0.25) is 0 Å². The molecule has 2 aromatic heterocycles. The molecule has 0 saturated heterocycles. The number of aromatic nitrogens is 3. The molecule has 68 valence electrons. The van der Waals surface area contributed by atoms with Crippen molar-refractivity contribution < 1.29 is 0 Å². The summed E-state index contributed by atoms with van der Waals surface area (Å²) in [5.74, 6) is 0.394. The van der Waals surface area contributed by atoms with Gasteiger partial charge in [0.25, 0.3) is 0 Å². The fourth-order valence-electron chi connectivity index (χ4n) is 1.46. The fourth-order valence-corrected chi connectivity index (χ4v) is 2.07. The van der Waals surface area contributed by atoms with Crippen LogP contribution in [0.4, 0.5) is 0 Å². The van der Waals surface area contributed by atoms with Gasteiger partial charge in [0.05, 0.1) is 17.4 Å². The van der Waals surface area contributed by atoms with Crippen LogP contribution in [0.15, 0.2) is 23.3 Å². The van der Waals surface area contributed by atoms with Crippen LogP contribution in [-0.4, -0.2) is 15.2 Å². The van der Waals surface area contributed by atoms with Crippen LogP contribution in [-0.2, 0) is 0 Å². The van der Waals surface area contributed by atoms with E-state index in [0.29, 0.717) is 5.92 Å². The minimum absolute atomic E-state index is 0.394. The highest BCUT2D eigenvalue weighted by Gasteiger charge is 2.14. The van der Waals surface area contributed by atoms with Gasteiger partial charge in [-0.2, -0.15) is 5.10 Å². The number of nitrogens with one attached hydrogen (secondary N) is 1. The summed E-state index contributed by atoms with van der Waals surface area (Å²) >= 11 is 1.64. The Morgan fingerprint density at radius 2 is 2.54 bits per heavy atom. The van der Waals surface area contributed by atoms with Gasteiger partial charge in [0.1, 0.15) is 0 Å². The van der Waals surface area contributed by atoms with E-state index in [1.807, 2.05) is 17.9 Å². The Labute approximate surface area is 80.8 Å². The van der Waals surface area contributed by atoms with E-state index in [9.17, 15) is 0 Å². The van der Waals surface area contributed by atoms with Crippen molar-refractivity contribution in [2.45, 2.75) is 19.3 Å². The largest absolute Gasteiger partial charge is 0.285 e. The normalized spacial score (nSPS) is 13.0. The second kappa shape index (κ2) is 3.70. The zero-order chi connectivity index (χ0) is 9.10. The Morgan fingerprint density at radius 3 is 3.08 bits per heavy atom. The van der Waals surface area contributed by atoms with Gasteiger partial charge in [0, 0.05) is 17.5 Å². The van der Waals surface area contributed by atoms with Crippen molar-refractivity contribution in [3.63, 3.8) is 0 Å². The lowest BCUT2D eigenvalue weighted by atomic mass is 9.97. The molecular formula is C9H11N3S. The third kappa shape index (κ3) is 1.62. The van der Waals surface area contributed by atoms with E-state index < -0.39 is 0 Å². The first-order valence-corrected chi connectivity index (χ1v) is 5.23. The Kier molecular flexibility index (Phi) is 2.40. The molecule has 1 atom stereocenters. The highest BCUT2D eigenvalue weighted by atomic mass is 32.1. The summed E-state index contributed by atoms with van der Waals surface area (Å²) < 4.78 is 0. The zero-order valence-electron chi connectivity index (χ0n) is 7.40. The SMILES string of the molecule is CCC(c1cn[nH]c1)c1cscn1. The van der Waals surface area contributed by atoms with E-state index >= 15 is 0 Å². The highest BCUT2D eigenvalue weighted by molar-refractivity contribution is 7.07. The molecule has 0 aliphatic carbocycles. The maximum atomic E-state index is 4.32. The minimum Gasteiger partial charge on any atom is -0.285 e. The first kappa shape index (κ1) is 8.44. The van der Waals surface area contributed by atoms with Gasteiger partial charge in [-0.05, 0) is 12.0 Å². The van der Waals surface area contributed by atoms with Crippen molar-refractivity contribution in [1.29, 1.82) is 0 Å². The summed E-state index contributed by atoms with van der Waals surface area (Å²) in [6.45, 7) is 2.16. The maximum Gasteiger partial charge on any atom is 0.0794 e. The van der Waals surface area contributed by atoms with Crippen molar-refractivity contribution in [2.24, 2.45) is 0 Å². The van der Waals surface area contributed by atoms with Gasteiger partial charge in [0.15, 0.2) is 0 Å². The molecule has 2 heterocycles. The Balaban J connectivity index is 2.29. The van der Waals surface area contributed by atoms with Gasteiger partial charge < -0.3 is 0 Å². The smallest absolute Gasteiger partial charge is 0.0794 e. The first-order valence-electron chi connectivity index (χ1n) is 4.28. The van der Waals surface area contributed by atoms with E-state index in [-0.39, 0.29) is 0 Å². The number of H-pyrrole nitrogens is 1. The molecule has 13 heavy (non-hydrogen) atoms. The predicted octanol–water partition coefficient (Wildman–Crippen LogP) is 2.41. The lowest BCUT2D eigenvalue weighted by Gasteiger charge is -2.08. The number of thiazole rings is 1. The molecule has 0 amide bonds. The summed E-state index contributed by atoms with van der Waals surface area (Å²) in [5, 5.41) is 8.88. The van der Waals surface area contributed by atoms with Crippen LogP contribution in [0.1, 0.15) is 30.5 Å². The average molecular weight is 193 g/mol. The number of hydrogen-bond acceptors (Lipinski definition) is 3. The quantitative estimate of drug-likeness (QED) is 0.813. The highest BCUT2D eigenvalue weighted by Crippen LogP contribution is 2.26. The molecule has 2 rings (SSSR count). The topological polar surface area (TPSA) is 41.6 Å². The zero-order valence-corrected chi connectivity index (χ0v) is 8.21. The van der Waals surface area contributed by atoms with Crippen LogP contribution in [0.25, 0.3) is 0 Å². The van der Waals surface area contributed by atoms with Crippen LogP contribution >= 0.6 is 11.3 Å². The van der Waals surface area contributed by atoms with Crippen molar-refractivity contribution in [3.05, 3.63) is 34.5 Å². The van der Waals surface area contributed by atoms with E-state index in [2.05, 4.69) is 27.5 Å². The van der Waals surface area contributed by atoms with E-state index in [1.54, 1.807) is 11.3 Å². The van der Waals surface area contributed by atoms with Crippen LogP contribution in [0, 0.1) is 0 Å². The average Bonchev–Trinajstić information content (AvgIpc) is 2.76. The molecule has 0 radical (unpaired) electrons. The van der Waals surface area contributed by atoms with Gasteiger partial charge in [-0.1, -0.05) is 6.92 Å². The molecule has 0 aliphatic rings. The van der Waals surface area contributed by atoms with Gasteiger partial charge in [-0.25, -0.2) is 4.98 Å². The number of hydrogen-bond donors (Lipinski definition) is 1. The van der Waals surface area contributed by atoms with Gasteiger partial charge in [-0.3, -0.25) is 5.10 Å². The van der Waals surface area contributed by atoms with E-state index in [1.165, 1.54) is 5.56 Å². The fraction of sp³-hybridized carbons (Fsp3) is 0.333. The molecular weight excluding hydrogens is 182 g/mol. The predicted molar refractivity (Wildman–Crippen MR) is 52.8 cm³/mol. The van der Waals surface area contributed by atoms with Crippen molar-refractivity contribution in [2.75, 3.05) is 0 Å². The van der Waals surface area contributed by atoms with E-state index in [0.717, 1.165) is 12.1 Å². The van der Waals surface area contributed by atoms with Crippen molar-refractivity contribution in [1.82, 2.24) is 15.2 Å². The first-order chi connectivity index (χ1) is 6.42. The third-order valence-electron chi connectivity index (χ3n) is 2.14. The summed E-state index contributed by atoms with van der Waals surface area (Å²) in [6.07, 6.45) is 4.87. The molecule has 0 aliphatic heterocycles. The molecule has 0 spiro atoms. The molecule has 1 N–H and O–H groups in total. The Morgan fingerprint density at radius 1 is 1.62 bits per heavy atom. The van der Waals surface area contributed by atoms with Crippen molar-refractivity contribution in [3.8, 4) is 0 Å². The summed E-state index contributed by atoms with van der Waals surface area (Å²) in [7, 11) is 0. The molecule has 0 aromatic carbocycles. The number of aromatic amines is 1. The van der Waals surface area contributed by atoms with Crippen LogP contribution in [0.2, 0.25) is 0 Å². The second-order valence-corrected chi connectivity index (χ2v) is 3.62. The van der Waals surface area contributed by atoms with Crippen molar-refractivity contribution >= 4 is 11.3 Å². The standard InChI is InChI=1S/C9H11N3S/c1-2-8(7-3-11-12-4-7)9-5-13-6-10-9/h3-6,8H,2H2,1H3,(H,11,12). The van der Waals surface area contributed by atoms with Gasteiger partial charge in [-0.15, -0.1) is 11.3 Å². The lowest BCUT2D eigenvalue weighted by Crippen LogP contribution is -1.97. The molecule has 0 saturated carbocycles. The van der Waals surface area contributed by atoms with Crippen LogP contribution in [0.5, 0.6) is 0 Å². The molecule has 0 bridgehead atoms. The maximum absolute atomic E-state index is 4.32. The molecule has 0 fully saturated rings. The Hall–Kier alpha value is -1.16. The van der Waals surface area contributed by atoms with Crippen LogP contribution < -0.4 is 0 Å². The lowest BCUT2D eigenvalue weighted by molar-refractivity contribution is 0.756. The monoisotopic (exact) mass is 193 g/mol. The minimum atomic E-state index is 0.394. The third-order valence-corrected chi connectivity index (χ3v) is 2.74. The molecule has 1 unspecified atom stereocenters. The number of nitrogens with zero attached hydrogens (tertiary/aromatic N) is 2. The van der Waals surface area contributed by atoms with Gasteiger partial charge >= 0.3 is 0 Å². The number of rotatable bonds is 3. The molecule has 2 aromatic rings. The molecule has 3 nitrogen and oxygen atoms in total. The van der Waals surface area contributed by atoms with E-state index in [4.69, 9.17) is 0 Å². The summed E-state index contributed by atoms with van der Waals surface area (Å²) in [5.41, 5.74) is 4.24. The summed E-state index contributed by atoms with van der Waals surface area (Å²) in [6, 6.07) is 0. The Bertz CT molecular complexity index is 305. The molecule has 4 heteroatoms. The van der Waals surface area contributed by atoms with Crippen LogP contribution in [0.3, 0.4) is 0 Å². The second-order valence-electron chi connectivity index (χ2n) is 2.91.